The Labute approximate surface area is 223 Å². The SMILES string of the molecule is Cc1ccc(OCCN(C)C)cc1C(=O)N[C@H](C)c1cc(-c2cnn(C)c2)cc(-c2ccn(CCF)n2)c1. The van der Waals surface area contributed by atoms with Crippen LogP contribution in [0.3, 0.4) is 0 Å². The van der Waals surface area contributed by atoms with Gasteiger partial charge in [-0.1, -0.05) is 6.07 Å². The zero-order chi connectivity index (χ0) is 27.2. The van der Waals surface area contributed by atoms with Crippen LogP contribution in [-0.4, -0.2) is 64.3 Å². The Morgan fingerprint density at radius 2 is 1.92 bits per heavy atom. The number of hydrogen-bond donors (Lipinski definition) is 1. The van der Waals surface area contributed by atoms with Crippen LogP contribution in [0, 0.1) is 6.92 Å². The quantitative estimate of drug-likeness (QED) is 0.313. The van der Waals surface area contributed by atoms with Crippen molar-refractivity contribution in [2.24, 2.45) is 7.05 Å². The van der Waals surface area contributed by atoms with E-state index in [4.69, 9.17) is 4.74 Å². The molecule has 0 radical (unpaired) electrons. The molecular weight excluding hydrogens is 483 g/mol. The standard InChI is InChI=1S/C29H35FN6O2/c1-20-6-7-26(38-13-12-34(3)4)17-27(20)29(37)32-21(2)22-14-23(25-18-31-35(5)19-25)16-24(15-22)28-8-10-36(33-28)11-9-30/h6-8,10,14-19,21H,9,11-13H2,1-5H3,(H,32,37)/t21-/m1/s1. The second kappa shape index (κ2) is 12.0. The summed E-state index contributed by atoms with van der Waals surface area (Å²) in [6.07, 6.45) is 5.52. The second-order valence-corrected chi connectivity index (χ2v) is 9.72. The third-order valence-corrected chi connectivity index (χ3v) is 6.35. The molecule has 0 fully saturated rings. The number of likely N-dealkylation sites (N-methyl/N-ethyl adjacent to an activating group) is 1. The number of amides is 1. The van der Waals surface area contributed by atoms with E-state index in [1.54, 1.807) is 27.8 Å². The lowest BCUT2D eigenvalue weighted by Crippen LogP contribution is -2.27. The fourth-order valence-corrected chi connectivity index (χ4v) is 4.15. The van der Waals surface area contributed by atoms with Gasteiger partial charge in [-0.05, 0) is 81.0 Å². The molecule has 2 heterocycles. The maximum Gasteiger partial charge on any atom is 0.252 e. The van der Waals surface area contributed by atoms with Crippen LogP contribution in [0.15, 0.2) is 61.1 Å². The lowest BCUT2D eigenvalue weighted by atomic mass is 9.96. The number of aromatic nitrogens is 4. The van der Waals surface area contributed by atoms with Crippen molar-refractivity contribution in [3.05, 3.63) is 77.7 Å². The summed E-state index contributed by atoms with van der Waals surface area (Å²) < 4.78 is 22.0. The van der Waals surface area contributed by atoms with Gasteiger partial charge < -0.3 is 15.0 Å². The fourth-order valence-electron chi connectivity index (χ4n) is 4.15. The molecule has 2 aromatic carbocycles. The van der Waals surface area contributed by atoms with Crippen LogP contribution in [0.25, 0.3) is 22.4 Å². The number of alkyl halides is 1. The van der Waals surface area contributed by atoms with E-state index < -0.39 is 6.67 Å². The highest BCUT2D eigenvalue weighted by molar-refractivity contribution is 5.96. The van der Waals surface area contributed by atoms with Gasteiger partial charge >= 0.3 is 0 Å². The molecule has 0 bridgehead atoms. The molecule has 0 aliphatic carbocycles. The normalized spacial score (nSPS) is 12.1. The highest BCUT2D eigenvalue weighted by atomic mass is 19.1. The summed E-state index contributed by atoms with van der Waals surface area (Å²) in [5, 5.41) is 12.0. The van der Waals surface area contributed by atoms with E-state index in [0.717, 1.165) is 40.1 Å². The molecule has 0 aliphatic heterocycles. The van der Waals surface area contributed by atoms with Crippen LogP contribution < -0.4 is 10.1 Å². The second-order valence-electron chi connectivity index (χ2n) is 9.72. The zero-order valence-corrected chi connectivity index (χ0v) is 22.6. The van der Waals surface area contributed by atoms with Crippen molar-refractivity contribution in [3.63, 3.8) is 0 Å². The Hall–Kier alpha value is -3.98. The topological polar surface area (TPSA) is 77.2 Å². The van der Waals surface area contributed by atoms with Crippen molar-refractivity contribution in [2.45, 2.75) is 26.4 Å². The summed E-state index contributed by atoms with van der Waals surface area (Å²) in [6.45, 7) is 4.93. The third kappa shape index (κ3) is 6.66. The first-order valence-corrected chi connectivity index (χ1v) is 12.7. The van der Waals surface area contributed by atoms with Crippen molar-refractivity contribution in [1.82, 2.24) is 29.8 Å². The van der Waals surface area contributed by atoms with Gasteiger partial charge in [-0.15, -0.1) is 0 Å². The highest BCUT2D eigenvalue weighted by Crippen LogP contribution is 2.30. The van der Waals surface area contributed by atoms with Crippen molar-refractivity contribution >= 4 is 5.91 Å². The molecule has 38 heavy (non-hydrogen) atoms. The molecule has 0 spiro atoms. The van der Waals surface area contributed by atoms with Gasteiger partial charge in [-0.2, -0.15) is 10.2 Å². The fraction of sp³-hybridized carbons (Fsp3) is 0.345. The lowest BCUT2D eigenvalue weighted by molar-refractivity contribution is 0.0938. The molecule has 1 amide bonds. The molecule has 0 saturated carbocycles. The van der Waals surface area contributed by atoms with E-state index in [1.165, 1.54) is 0 Å². The molecule has 4 rings (SSSR count). The summed E-state index contributed by atoms with van der Waals surface area (Å²) >= 11 is 0. The van der Waals surface area contributed by atoms with Crippen molar-refractivity contribution < 1.29 is 13.9 Å². The van der Waals surface area contributed by atoms with Crippen molar-refractivity contribution in [1.29, 1.82) is 0 Å². The number of aryl methyl sites for hydroxylation is 3. The molecule has 9 heteroatoms. The van der Waals surface area contributed by atoms with E-state index in [1.807, 2.05) is 76.4 Å². The number of carbonyl (C=O) groups is 1. The minimum absolute atomic E-state index is 0.173. The van der Waals surface area contributed by atoms with E-state index in [0.29, 0.717) is 17.9 Å². The molecule has 1 N–H and O–H groups in total. The number of nitrogens with one attached hydrogen (secondary N) is 1. The number of carbonyl (C=O) groups excluding carboxylic acids is 1. The number of halogens is 1. The minimum Gasteiger partial charge on any atom is -0.492 e. The molecule has 2 aromatic heterocycles. The number of ether oxygens (including phenoxy) is 1. The summed E-state index contributed by atoms with van der Waals surface area (Å²) in [6, 6.07) is 13.3. The van der Waals surface area contributed by atoms with E-state index >= 15 is 0 Å². The maximum absolute atomic E-state index is 13.3. The summed E-state index contributed by atoms with van der Waals surface area (Å²) in [5.74, 6) is 0.494. The first kappa shape index (κ1) is 27.1. The van der Waals surface area contributed by atoms with Crippen LogP contribution >= 0.6 is 0 Å². The van der Waals surface area contributed by atoms with Crippen LogP contribution in [-0.2, 0) is 13.6 Å². The first-order valence-electron chi connectivity index (χ1n) is 12.7. The van der Waals surface area contributed by atoms with Gasteiger partial charge in [0.25, 0.3) is 5.91 Å². The highest BCUT2D eigenvalue weighted by Gasteiger charge is 2.17. The zero-order valence-electron chi connectivity index (χ0n) is 22.6. The van der Waals surface area contributed by atoms with Crippen molar-refractivity contribution in [3.8, 4) is 28.1 Å². The van der Waals surface area contributed by atoms with Crippen LogP contribution in [0.5, 0.6) is 5.75 Å². The summed E-state index contributed by atoms with van der Waals surface area (Å²) in [4.78, 5) is 15.4. The Morgan fingerprint density at radius 1 is 1.13 bits per heavy atom. The molecule has 1 atom stereocenters. The Bertz CT molecular complexity index is 1390. The van der Waals surface area contributed by atoms with Crippen molar-refractivity contribution in [2.75, 3.05) is 33.9 Å². The Balaban J connectivity index is 1.60. The van der Waals surface area contributed by atoms with Gasteiger partial charge in [0.1, 0.15) is 19.0 Å². The van der Waals surface area contributed by atoms with Crippen LogP contribution in [0.2, 0.25) is 0 Å². The average molecular weight is 519 g/mol. The first-order chi connectivity index (χ1) is 18.2. The largest absolute Gasteiger partial charge is 0.492 e. The van der Waals surface area contributed by atoms with Gasteiger partial charge in [0.2, 0.25) is 0 Å². The molecule has 200 valence electrons. The smallest absolute Gasteiger partial charge is 0.252 e. The number of nitrogens with zero attached hydrogens (tertiary/aromatic N) is 5. The monoisotopic (exact) mass is 518 g/mol. The molecule has 8 nitrogen and oxygen atoms in total. The predicted molar refractivity (Wildman–Crippen MR) is 147 cm³/mol. The molecule has 0 aliphatic rings. The number of hydrogen-bond acceptors (Lipinski definition) is 5. The van der Waals surface area contributed by atoms with Gasteiger partial charge in [-0.3, -0.25) is 14.2 Å². The van der Waals surface area contributed by atoms with Crippen LogP contribution in [0.1, 0.15) is 34.5 Å². The summed E-state index contributed by atoms with van der Waals surface area (Å²) in [7, 11) is 5.85. The van der Waals surface area contributed by atoms with E-state index in [-0.39, 0.29) is 18.5 Å². The Kier molecular flexibility index (Phi) is 8.58. The maximum atomic E-state index is 13.3. The van der Waals surface area contributed by atoms with E-state index in [2.05, 4.69) is 21.6 Å². The average Bonchev–Trinajstić information content (AvgIpc) is 3.54. The number of rotatable bonds is 11. The molecular formula is C29H35FN6O2. The summed E-state index contributed by atoms with van der Waals surface area (Å²) in [5.41, 5.74) is 5.90. The van der Waals surface area contributed by atoms with Gasteiger partial charge in [0, 0.05) is 42.7 Å². The predicted octanol–water partition coefficient (Wildman–Crippen LogP) is 4.66. The molecule has 4 aromatic rings. The Morgan fingerprint density at radius 3 is 2.63 bits per heavy atom. The van der Waals surface area contributed by atoms with Gasteiger partial charge in [0.15, 0.2) is 0 Å². The van der Waals surface area contributed by atoms with Gasteiger partial charge in [-0.25, -0.2) is 4.39 Å². The third-order valence-electron chi connectivity index (χ3n) is 6.35. The molecule has 0 saturated heterocycles. The minimum atomic E-state index is -0.480. The van der Waals surface area contributed by atoms with Gasteiger partial charge in [0.05, 0.1) is 24.5 Å². The molecule has 0 unspecified atom stereocenters. The van der Waals surface area contributed by atoms with E-state index in [9.17, 15) is 9.18 Å². The lowest BCUT2D eigenvalue weighted by Gasteiger charge is -2.18. The van der Waals surface area contributed by atoms with Crippen LogP contribution in [0.4, 0.5) is 4.39 Å². The number of benzene rings is 2.